The lowest BCUT2D eigenvalue weighted by Gasteiger charge is -2.09. The van der Waals surface area contributed by atoms with Crippen molar-refractivity contribution in [3.8, 4) is 22.4 Å². The standard InChI is InChI=1S/C23H25FN8O/c1-4-25-23(33)32-22-30-18-9-14(15-10-28-19(29-11-15)12-27-13(2)3)8-16(21(18)31-22)20-17(24)6-5-7-26-20/h5-11,13,27H,4,12H2,1-3H3,(H3,25,30,31,32,33). The normalized spacial score (nSPS) is 11.2. The number of nitrogens with zero attached hydrogens (tertiary/aromatic N) is 4. The van der Waals surface area contributed by atoms with Crippen molar-refractivity contribution in [2.24, 2.45) is 0 Å². The topological polar surface area (TPSA) is 121 Å². The second kappa shape index (κ2) is 9.70. The number of carbonyl (C=O) groups excluding carboxylic acids is 1. The van der Waals surface area contributed by atoms with Crippen LogP contribution in [0.2, 0.25) is 0 Å². The lowest BCUT2D eigenvalue weighted by atomic mass is 10.0. The quantitative estimate of drug-likeness (QED) is 0.341. The molecule has 33 heavy (non-hydrogen) atoms. The van der Waals surface area contributed by atoms with Crippen LogP contribution in [0.25, 0.3) is 33.4 Å². The number of hydrogen-bond donors (Lipinski definition) is 4. The van der Waals surface area contributed by atoms with Crippen molar-refractivity contribution in [1.82, 2.24) is 35.6 Å². The first kappa shape index (κ1) is 22.3. The van der Waals surface area contributed by atoms with Gasteiger partial charge in [-0.3, -0.25) is 10.3 Å². The molecule has 0 radical (unpaired) electrons. The molecule has 0 saturated carbocycles. The minimum atomic E-state index is -0.469. The van der Waals surface area contributed by atoms with E-state index in [1.807, 2.05) is 13.0 Å². The molecule has 3 aromatic heterocycles. The molecule has 0 unspecified atom stereocenters. The summed E-state index contributed by atoms with van der Waals surface area (Å²) in [4.78, 5) is 32.6. The van der Waals surface area contributed by atoms with E-state index in [1.54, 1.807) is 18.5 Å². The summed E-state index contributed by atoms with van der Waals surface area (Å²) in [7, 11) is 0. The van der Waals surface area contributed by atoms with Crippen LogP contribution >= 0.6 is 0 Å². The zero-order valence-electron chi connectivity index (χ0n) is 18.6. The third kappa shape index (κ3) is 5.12. The van der Waals surface area contributed by atoms with Crippen LogP contribution in [-0.4, -0.2) is 43.5 Å². The van der Waals surface area contributed by atoms with Crippen LogP contribution in [0, 0.1) is 5.82 Å². The molecule has 0 saturated heterocycles. The van der Waals surface area contributed by atoms with E-state index in [2.05, 4.69) is 54.7 Å². The maximum Gasteiger partial charge on any atom is 0.321 e. The molecule has 1 aromatic carbocycles. The summed E-state index contributed by atoms with van der Waals surface area (Å²) < 4.78 is 14.6. The number of carbonyl (C=O) groups is 1. The SMILES string of the molecule is CCNC(=O)Nc1nc2c(-c3ncccc3F)cc(-c3cnc(CNC(C)C)nc3)cc2[nH]1. The summed E-state index contributed by atoms with van der Waals surface area (Å²) in [6, 6.07) is 6.48. The zero-order chi connectivity index (χ0) is 23.4. The van der Waals surface area contributed by atoms with Crippen molar-refractivity contribution in [3.63, 3.8) is 0 Å². The number of aromatic nitrogens is 5. The Morgan fingerprint density at radius 1 is 1.15 bits per heavy atom. The molecule has 0 aliphatic rings. The number of H-pyrrole nitrogens is 1. The van der Waals surface area contributed by atoms with E-state index in [0.29, 0.717) is 41.6 Å². The Morgan fingerprint density at radius 3 is 2.64 bits per heavy atom. The fourth-order valence-electron chi connectivity index (χ4n) is 3.31. The van der Waals surface area contributed by atoms with Gasteiger partial charge in [0.05, 0.1) is 12.1 Å². The maximum atomic E-state index is 14.6. The Balaban J connectivity index is 1.77. The molecule has 0 aliphatic carbocycles. The van der Waals surface area contributed by atoms with Gasteiger partial charge in [-0.05, 0) is 36.8 Å². The molecular weight excluding hydrogens is 423 g/mol. The minimum absolute atomic E-state index is 0.166. The number of benzene rings is 1. The van der Waals surface area contributed by atoms with E-state index >= 15 is 0 Å². The number of rotatable bonds is 7. The summed E-state index contributed by atoms with van der Waals surface area (Å²) in [6.45, 7) is 6.97. The monoisotopic (exact) mass is 448 g/mol. The summed E-state index contributed by atoms with van der Waals surface area (Å²) in [5, 5.41) is 8.58. The predicted molar refractivity (Wildman–Crippen MR) is 125 cm³/mol. The molecule has 4 aromatic rings. The highest BCUT2D eigenvalue weighted by atomic mass is 19.1. The Hall–Kier alpha value is -3.92. The van der Waals surface area contributed by atoms with Crippen molar-refractivity contribution in [3.05, 3.63) is 54.5 Å². The molecule has 9 nitrogen and oxygen atoms in total. The second-order valence-electron chi connectivity index (χ2n) is 7.75. The number of fused-ring (bicyclic) bond motifs is 1. The van der Waals surface area contributed by atoms with Gasteiger partial charge in [0, 0.05) is 42.3 Å². The third-order valence-corrected chi connectivity index (χ3v) is 4.88. The average Bonchev–Trinajstić information content (AvgIpc) is 3.20. The van der Waals surface area contributed by atoms with Crippen molar-refractivity contribution in [2.45, 2.75) is 33.4 Å². The number of hydrogen-bond acceptors (Lipinski definition) is 6. The fourth-order valence-corrected chi connectivity index (χ4v) is 3.31. The van der Waals surface area contributed by atoms with Gasteiger partial charge in [0.2, 0.25) is 5.95 Å². The van der Waals surface area contributed by atoms with E-state index < -0.39 is 5.82 Å². The number of imidazole rings is 1. The molecule has 0 spiro atoms. The van der Waals surface area contributed by atoms with Gasteiger partial charge in [-0.2, -0.15) is 0 Å². The number of amides is 2. The van der Waals surface area contributed by atoms with Gasteiger partial charge in [-0.15, -0.1) is 0 Å². The number of pyridine rings is 1. The lowest BCUT2D eigenvalue weighted by Crippen LogP contribution is -2.28. The Kier molecular flexibility index (Phi) is 6.55. The summed E-state index contributed by atoms with van der Waals surface area (Å²) in [5.74, 6) is 0.458. The smallest absolute Gasteiger partial charge is 0.321 e. The summed E-state index contributed by atoms with van der Waals surface area (Å²) in [5.41, 5.74) is 3.28. The number of aromatic amines is 1. The van der Waals surface area contributed by atoms with Crippen molar-refractivity contribution >= 4 is 23.0 Å². The van der Waals surface area contributed by atoms with Gasteiger partial charge >= 0.3 is 6.03 Å². The summed E-state index contributed by atoms with van der Waals surface area (Å²) >= 11 is 0. The van der Waals surface area contributed by atoms with Gasteiger partial charge in [0.15, 0.2) is 0 Å². The first-order valence-corrected chi connectivity index (χ1v) is 10.7. The Labute approximate surface area is 190 Å². The molecule has 0 bridgehead atoms. The van der Waals surface area contributed by atoms with Crippen LogP contribution in [0.15, 0.2) is 42.9 Å². The van der Waals surface area contributed by atoms with Gasteiger partial charge < -0.3 is 15.6 Å². The molecule has 2 amide bonds. The molecule has 3 heterocycles. The van der Waals surface area contributed by atoms with Crippen LogP contribution in [-0.2, 0) is 6.54 Å². The van der Waals surface area contributed by atoms with Gasteiger partial charge in [-0.25, -0.2) is 24.1 Å². The third-order valence-electron chi connectivity index (χ3n) is 4.88. The van der Waals surface area contributed by atoms with E-state index in [-0.39, 0.29) is 17.7 Å². The molecular formula is C23H25FN8O. The highest BCUT2D eigenvalue weighted by molar-refractivity contribution is 5.98. The molecule has 0 atom stereocenters. The van der Waals surface area contributed by atoms with E-state index in [4.69, 9.17) is 0 Å². The summed E-state index contributed by atoms with van der Waals surface area (Å²) in [6.07, 6.45) is 4.99. The van der Waals surface area contributed by atoms with Crippen molar-refractivity contribution < 1.29 is 9.18 Å². The van der Waals surface area contributed by atoms with Crippen LogP contribution in [0.3, 0.4) is 0 Å². The van der Waals surface area contributed by atoms with Crippen LogP contribution in [0.5, 0.6) is 0 Å². The number of halogens is 1. The molecule has 4 N–H and O–H groups in total. The molecule has 170 valence electrons. The zero-order valence-corrected chi connectivity index (χ0v) is 18.6. The van der Waals surface area contributed by atoms with Crippen molar-refractivity contribution in [2.75, 3.05) is 11.9 Å². The van der Waals surface area contributed by atoms with Crippen LogP contribution < -0.4 is 16.0 Å². The Bertz CT molecular complexity index is 1270. The van der Waals surface area contributed by atoms with E-state index in [0.717, 1.165) is 11.1 Å². The maximum absolute atomic E-state index is 14.6. The number of anilines is 1. The number of urea groups is 1. The first-order chi connectivity index (χ1) is 15.9. The number of nitrogens with one attached hydrogen (secondary N) is 4. The lowest BCUT2D eigenvalue weighted by molar-refractivity contribution is 0.252. The molecule has 0 aliphatic heterocycles. The minimum Gasteiger partial charge on any atom is -0.338 e. The first-order valence-electron chi connectivity index (χ1n) is 10.7. The molecule has 10 heteroatoms. The van der Waals surface area contributed by atoms with Crippen LogP contribution in [0.4, 0.5) is 15.1 Å². The van der Waals surface area contributed by atoms with E-state index in [1.165, 1.54) is 18.3 Å². The van der Waals surface area contributed by atoms with Gasteiger partial charge in [0.1, 0.15) is 22.9 Å². The highest BCUT2D eigenvalue weighted by Crippen LogP contribution is 2.33. The van der Waals surface area contributed by atoms with Crippen LogP contribution in [0.1, 0.15) is 26.6 Å². The highest BCUT2D eigenvalue weighted by Gasteiger charge is 2.17. The van der Waals surface area contributed by atoms with E-state index in [9.17, 15) is 9.18 Å². The van der Waals surface area contributed by atoms with Gasteiger partial charge in [0.25, 0.3) is 0 Å². The second-order valence-corrected chi connectivity index (χ2v) is 7.75. The predicted octanol–water partition coefficient (Wildman–Crippen LogP) is 3.86. The molecule has 0 fully saturated rings. The van der Waals surface area contributed by atoms with Crippen molar-refractivity contribution in [1.29, 1.82) is 0 Å². The fraction of sp³-hybridized carbons (Fsp3) is 0.261. The largest absolute Gasteiger partial charge is 0.338 e. The Morgan fingerprint density at radius 2 is 1.94 bits per heavy atom. The van der Waals surface area contributed by atoms with Gasteiger partial charge in [-0.1, -0.05) is 13.8 Å². The molecule has 4 rings (SSSR count). The average molecular weight is 449 g/mol.